The second-order valence-electron chi connectivity index (χ2n) is 5.18. The molecule has 1 amide bonds. The summed E-state index contributed by atoms with van der Waals surface area (Å²) in [5.41, 5.74) is -0.000784. The molecule has 132 valence electrons. The van der Waals surface area contributed by atoms with Crippen LogP contribution in [0.5, 0.6) is 0 Å². The van der Waals surface area contributed by atoms with Crippen molar-refractivity contribution in [1.29, 1.82) is 0 Å². The Morgan fingerprint density at radius 3 is 2.58 bits per heavy atom. The SMILES string of the molecule is CCC(=O)NC(=S)Nc1cc(C(F)(F)F)ccc1N1CCOCC1. The Kier molecular flexibility index (Phi) is 6.00. The molecule has 0 spiro atoms. The Labute approximate surface area is 143 Å². The van der Waals surface area contributed by atoms with Gasteiger partial charge in [0.2, 0.25) is 5.91 Å². The molecule has 1 saturated heterocycles. The van der Waals surface area contributed by atoms with Gasteiger partial charge in [-0.25, -0.2) is 0 Å². The third kappa shape index (κ3) is 4.81. The molecular weight excluding hydrogens is 343 g/mol. The van der Waals surface area contributed by atoms with Crippen molar-refractivity contribution in [1.82, 2.24) is 5.32 Å². The molecular formula is C15H18F3N3O2S. The van der Waals surface area contributed by atoms with Crippen molar-refractivity contribution < 1.29 is 22.7 Å². The van der Waals surface area contributed by atoms with Gasteiger partial charge in [0.1, 0.15) is 0 Å². The van der Waals surface area contributed by atoms with Gasteiger partial charge in [0.15, 0.2) is 5.11 Å². The fourth-order valence-electron chi connectivity index (χ4n) is 2.26. The third-order valence-electron chi connectivity index (χ3n) is 3.50. The van der Waals surface area contributed by atoms with E-state index < -0.39 is 11.7 Å². The summed E-state index contributed by atoms with van der Waals surface area (Å²) >= 11 is 5.01. The van der Waals surface area contributed by atoms with Crippen LogP contribution in [0, 0.1) is 0 Å². The average molecular weight is 361 g/mol. The minimum absolute atomic E-state index is 0.0318. The van der Waals surface area contributed by atoms with Crippen molar-refractivity contribution in [3.8, 4) is 0 Å². The van der Waals surface area contributed by atoms with E-state index in [2.05, 4.69) is 10.6 Å². The molecule has 1 aliphatic heterocycles. The molecule has 24 heavy (non-hydrogen) atoms. The number of alkyl halides is 3. The number of hydrogen-bond acceptors (Lipinski definition) is 4. The van der Waals surface area contributed by atoms with E-state index in [-0.39, 0.29) is 23.1 Å². The zero-order valence-corrected chi connectivity index (χ0v) is 13.9. The molecule has 0 unspecified atom stereocenters. The van der Waals surface area contributed by atoms with E-state index in [0.29, 0.717) is 32.0 Å². The second-order valence-corrected chi connectivity index (χ2v) is 5.59. The molecule has 0 radical (unpaired) electrons. The van der Waals surface area contributed by atoms with Gasteiger partial charge in [-0.15, -0.1) is 0 Å². The Hall–Kier alpha value is -1.87. The number of hydrogen-bond donors (Lipinski definition) is 2. The van der Waals surface area contributed by atoms with E-state index in [9.17, 15) is 18.0 Å². The number of rotatable bonds is 3. The van der Waals surface area contributed by atoms with Gasteiger partial charge in [-0.3, -0.25) is 4.79 Å². The van der Waals surface area contributed by atoms with Gasteiger partial charge in [-0.1, -0.05) is 6.92 Å². The molecule has 5 nitrogen and oxygen atoms in total. The Bertz CT molecular complexity index is 616. The largest absolute Gasteiger partial charge is 0.416 e. The van der Waals surface area contributed by atoms with Crippen molar-refractivity contribution in [2.24, 2.45) is 0 Å². The molecule has 0 aromatic heterocycles. The average Bonchev–Trinajstić information content (AvgIpc) is 2.54. The minimum Gasteiger partial charge on any atom is -0.378 e. The number of halogens is 3. The predicted octanol–water partition coefficient (Wildman–Crippen LogP) is 2.77. The smallest absolute Gasteiger partial charge is 0.378 e. The first-order valence-electron chi connectivity index (χ1n) is 7.46. The van der Waals surface area contributed by atoms with Gasteiger partial charge in [-0.05, 0) is 30.4 Å². The van der Waals surface area contributed by atoms with E-state index >= 15 is 0 Å². The van der Waals surface area contributed by atoms with Gasteiger partial charge < -0.3 is 20.3 Å². The first kappa shape index (κ1) is 18.5. The van der Waals surface area contributed by atoms with E-state index in [4.69, 9.17) is 17.0 Å². The summed E-state index contributed by atoms with van der Waals surface area (Å²) < 4.78 is 44.2. The van der Waals surface area contributed by atoms with E-state index in [0.717, 1.165) is 12.1 Å². The lowest BCUT2D eigenvalue weighted by atomic mass is 10.1. The zero-order valence-electron chi connectivity index (χ0n) is 13.1. The van der Waals surface area contributed by atoms with Crippen LogP contribution in [-0.2, 0) is 15.7 Å². The molecule has 1 aliphatic rings. The highest BCUT2D eigenvalue weighted by molar-refractivity contribution is 7.80. The van der Waals surface area contributed by atoms with Crippen molar-refractivity contribution in [3.05, 3.63) is 23.8 Å². The summed E-state index contributed by atoms with van der Waals surface area (Å²) in [6.07, 6.45) is -4.24. The lowest BCUT2D eigenvalue weighted by Gasteiger charge is -2.31. The topological polar surface area (TPSA) is 53.6 Å². The fourth-order valence-corrected chi connectivity index (χ4v) is 2.48. The number of ether oxygens (including phenoxy) is 1. The predicted molar refractivity (Wildman–Crippen MR) is 89.1 cm³/mol. The van der Waals surface area contributed by atoms with Crippen molar-refractivity contribution in [3.63, 3.8) is 0 Å². The fraction of sp³-hybridized carbons (Fsp3) is 0.467. The Morgan fingerprint density at radius 1 is 1.33 bits per heavy atom. The minimum atomic E-state index is -4.46. The van der Waals surface area contributed by atoms with Crippen molar-refractivity contribution >= 4 is 34.6 Å². The summed E-state index contributed by atoms with van der Waals surface area (Å²) in [5.74, 6) is -0.313. The summed E-state index contributed by atoms with van der Waals surface area (Å²) in [6, 6.07) is 3.43. The van der Waals surface area contributed by atoms with E-state index in [1.54, 1.807) is 6.92 Å². The number of nitrogens with zero attached hydrogens (tertiary/aromatic N) is 1. The highest BCUT2D eigenvalue weighted by atomic mass is 32.1. The van der Waals surface area contributed by atoms with E-state index in [1.807, 2.05) is 4.90 Å². The number of anilines is 2. The van der Waals surface area contributed by atoms with Crippen LogP contribution in [0.2, 0.25) is 0 Å². The molecule has 0 saturated carbocycles. The number of nitrogens with one attached hydrogen (secondary N) is 2. The van der Waals surface area contributed by atoms with E-state index in [1.165, 1.54) is 6.07 Å². The van der Waals surface area contributed by atoms with Crippen LogP contribution in [0.4, 0.5) is 24.5 Å². The molecule has 1 fully saturated rings. The summed E-state index contributed by atoms with van der Waals surface area (Å²) in [7, 11) is 0. The highest BCUT2D eigenvalue weighted by Gasteiger charge is 2.31. The summed E-state index contributed by atoms with van der Waals surface area (Å²) in [6.45, 7) is 3.78. The third-order valence-corrected chi connectivity index (χ3v) is 3.70. The normalized spacial score (nSPS) is 15.1. The maximum absolute atomic E-state index is 13.0. The summed E-state index contributed by atoms with van der Waals surface area (Å²) in [4.78, 5) is 13.3. The van der Waals surface area contributed by atoms with Gasteiger partial charge in [0.25, 0.3) is 0 Å². The quantitative estimate of drug-likeness (QED) is 0.811. The highest BCUT2D eigenvalue weighted by Crippen LogP contribution is 2.35. The van der Waals surface area contributed by atoms with Crippen LogP contribution < -0.4 is 15.5 Å². The monoisotopic (exact) mass is 361 g/mol. The molecule has 1 aromatic rings. The van der Waals surface area contributed by atoms with Crippen molar-refractivity contribution in [2.75, 3.05) is 36.5 Å². The standard InChI is InChI=1S/C15H18F3N3O2S/c1-2-13(22)20-14(24)19-11-9-10(15(16,17)18)3-4-12(11)21-5-7-23-8-6-21/h3-4,9H,2,5-8H2,1H3,(H2,19,20,22,24). The van der Waals surface area contributed by atoms with Crippen molar-refractivity contribution in [2.45, 2.75) is 19.5 Å². The number of amides is 1. The molecule has 0 atom stereocenters. The molecule has 2 N–H and O–H groups in total. The maximum atomic E-state index is 13.0. The zero-order chi connectivity index (χ0) is 17.7. The molecule has 0 aliphatic carbocycles. The van der Waals surface area contributed by atoms with Crippen LogP contribution in [-0.4, -0.2) is 37.3 Å². The molecule has 2 rings (SSSR count). The number of carbonyl (C=O) groups is 1. The lowest BCUT2D eigenvalue weighted by Crippen LogP contribution is -2.38. The van der Waals surface area contributed by atoms with Crippen LogP contribution in [0.1, 0.15) is 18.9 Å². The van der Waals surface area contributed by atoms with Gasteiger partial charge >= 0.3 is 6.18 Å². The second kappa shape index (κ2) is 7.80. The first-order valence-corrected chi connectivity index (χ1v) is 7.87. The van der Waals surface area contributed by atoms with Gasteiger partial charge in [0.05, 0.1) is 30.2 Å². The molecule has 1 aromatic carbocycles. The number of carbonyl (C=O) groups excluding carboxylic acids is 1. The Balaban J connectivity index is 2.29. The number of benzene rings is 1. The van der Waals surface area contributed by atoms with Crippen LogP contribution in [0.3, 0.4) is 0 Å². The van der Waals surface area contributed by atoms with Gasteiger partial charge in [0, 0.05) is 19.5 Å². The number of morpholine rings is 1. The van der Waals surface area contributed by atoms with Crippen LogP contribution in [0.25, 0.3) is 0 Å². The lowest BCUT2D eigenvalue weighted by molar-refractivity contribution is -0.137. The molecule has 0 bridgehead atoms. The first-order chi connectivity index (χ1) is 11.3. The summed E-state index contributed by atoms with van der Waals surface area (Å²) in [5, 5.41) is 5.09. The van der Waals surface area contributed by atoms with Gasteiger partial charge in [-0.2, -0.15) is 13.2 Å². The van der Waals surface area contributed by atoms with Crippen LogP contribution >= 0.6 is 12.2 Å². The maximum Gasteiger partial charge on any atom is 0.416 e. The van der Waals surface area contributed by atoms with Crippen LogP contribution in [0.15, 0.2) is 18.2 Å². The Morgan fingerprint density at radius 2 is 2.00 bits per heavy atom. The number of thiocarbonyl (C=S) groups is 1. The molecule has 9 heteroatoms. The molecule has 1 heterocycles.